The molecule has 0 saturated carbocycles. The Morgan fingerprint density at radius 2 is 1.94 bits per heavy atom. The summed E-state index contributed by atoms with van der Waals surface area (Å²) in [7, 11) is -2.88. The van der Waals surface area contributed by atoms with Crippen molar-refractivity contribution >= 4 is 21.2 Å². The standard InChI is InChI=1S/C13H23NO2S2/c1-9(8-18(5,15)16)7-14-11(3)13-6-10(2)17-12(13)4/h6,9,11,14H,7-8H2,1-5H3/t9-,11-/m0/s1. The summed E-state index contributed by atoms with van der Waals surface area (Å²) < 4.78 is 22.4. The maximum absolute atomic E-state index is 11.2. The van der Waals surface area contributed by atoms with Crippen LogP contribution in [0.4, 0.5) is 0 Å². The molecule has 0 aliphatic carbocycles. The van der Waals surface area contributed by atoms with E-state index in [0.717, 1.165) is 6.54 Å². The van der Waals surface area contributed by atoms with Crippen LogP contribution >= 0.6 is 11.3 Å². The van der Waals surface area contributed by atoms with Gasteiger partial charge in [-0.15, -0.1) is 11.3 Å². The Bertz CT molecular complexity index is 491. The summed E-state index contributed by atoms with van der Waals surface area (Å²) in [6.07, 6.45) is 1.29. The van der Waals surface area contributed by atoms with Crippen molar-refractivity contribution in [1.29, 1.82) is 0 Å². The van der Waals surface area contributed by atoms with Crippen LogP contribution in [0.1, 0.15) is 35.2 Å². The van der Waals surface area contributed by atoms with E-state index in [9.17, 15) is 8.42 Å². The number of thiophene rings is 1. The minimum absolute atomic E-state index is 0.141. The lowest BCUT2D eigenvalue weighted by Gasteiger charge is -2.17. The van der Waals surface area contributed by atoms with E-state index in [0.29, 0.717) is 0 Å². The SMILES string of the molecule is Cc1cc([C@H](C)NC[C@H](C)CS(C)(=O)=O)c(C)s1. The van der Waals surface area contributed by atoms with E-state index in [1.165, 1.54) is 21.6 Å². The molecule has 0 aliphatic rings. The first-order valence-corrected chi connectivity index (χ1v) is 9.04. The van der Waals surface area contributed by atoms with Crippen LogP contribution in [0.5, 0.6) is 0 Å². The van der Waals surface area contributed by atoms with Crippen LogP contribution in [0, 0.1) is 19.8 Å². The molecule has 5 heteroatoms. The minimum atomic E-state index is -2.88. The van der Waals surface area contributed by atoms with Gasteiger partial charge in [0, 0.05) is 22.1 Å². The second-order valence-corrected chi connectivity index (χ2v) is 8.84. The van der Waals surface area contributed by atoms with Gasteiger partial charge in [0.2, 0.25) is 0 Å². The van der Waals surface area contributed by atoms with Gasteiger partial charge in [-0.05, 0) is 44.9 Å². The Kier molecular flexibility index (Phi) is 5.37. The molecule has 1 rings (SSSR count). The zero-order chi connectivity index (χ0) is 13.9. The van der Waals surface area contributed by atoms with E-state index in [1.54, 1.807) is 11.3 Å². The number of aryl methyl sites for hydroxylation is 2. The Morgan fingerprint density at radius 1 is 1.33 bits per heavy atom. The summed E-state index contributed by atoms with van der Waals surface area (Å²) in [4.78, 5) is 2.66. The molecule has 18 heavy (non-hydrogen) atoms. The van der Waals surface area contributed by atoms with Crippen molar-refractivity contribution in [2.45, 2.75) is 33.7 Å². The van der Waals surface area contributed by atoms with Crippen LogP contribution in [0.2, 0.25) is 0 Å². The lowest BCUT2D eigenvalue weighted by atomic mass is 10.1. The summed E-state index contributed by atoms with van der Waals surface area (Å²) >= 11 is 1.81. The molecule has 104 valence electrons. The average Bonchev–Trinajstić information content (AvgIpc) is 2.52. The van der Waals surface area contributed by atoms with E-state index in [4.69, 9.17) is 0 Å². The molecule has 0 fully saturated rings. The second-order valence-electron chi connectivity index (χ2n) is 5.20. The van der Waals surface area contributed by atoms with Crippen LogP contribution in [0.15, 0.2) is 6.07 Å². The van der Waals surface area contributed by atoms with Gasteiger partial charge in [0.15, 0.2) is 0 Å². The van der Waals surface area contributed by atoms with Crippen LogP contribution in [-0.4, -0.2) is 27.0 Å². The molecule has 1 N–H and O–H groups in total. The highest BCUT2D eigenvalue weighted by atomic mass is 32.2. The van der Waals surface area contributed by atoms with Crippen LogP contribution < -0.4 is 5.32 Å². The summed E-state index contributed by atoms with van der Waals surface area (Å²) in [6.45, 7) is 9.06. The first kappa shape index (κ1) is 15.7. The van der Waals surface area contributed by atoms with Crippen LogP contribution in [0.3, 0.4) is 0 Å². The van der Waals surface area contributed by atoms with Gasteiger partial charge < -0.3 is 5.32 Å². The lowest BCUT2D eigenvalue weighted by molar-refractivity contribution is 0.491. The van der Waals surface area contributed by atoms with Crippen LogP contribution in [0.25, 0.3) is 0 Å². The summed E-state index contributed by atoms with van der Waals surface area (Å²) in [5.74, 6) is 0.386. The second kappa shape index (κ2) is 6.17. The third-order valence-corrected chi connectivity index (χ3v) is 5.06. The highest BCUT2D eigenvalue weighted by Crippen LogP contribution is 2.26. The molecule has 1 heterocycles. The van der Waals surface area contributed by atoms with Gasteiger partial charge in [-0.3, -0.25) is 0 Å². The predicted molar refractivity (Wildman–Crippen MR) is 79.1 cm³/mol. The third kappa shape index (κ3) is 5.08. The molecule has 2 atom stereocenters. The fourth-order valence-electron chi connectivity index (χ4n) is 2.14. The molecule has 0 amide bonds. The maximum atomic E-state index is 11.2. The van der Waals surface area contributed by atoms with E-state index in [-0.39, 0.29) is 17.7 Å². The molecule has 0 saturated heterocycles. The Labute approximate surface area is 115 Å². The largest absolute Gasteiger partial charge is 0.310 e. The fourth-order valence-corrected chi connectivity index (χ4v) is 4.32. The van der Waals surface area contributed by atoms with Gasteiger partial charge in [-0.2, -0.15) is 0 Å². The van der Waals surface area contributed by atoms with E-state index in [1.807, 2.05) is 6.92 Å². The Morgan fingerprint density at radius 3 is 2.39 bits per heavy atom. The summed E-state index contributed by atoms with van der Waals surface area (Å²) in [5, 5.41) is 3.42. The van der Waals surface area contributed by atoms with Crippen molar-refractivity contribution in [2.75, 3.05) is 18.6 Å². The van der Waals surface area contributed by atoms with Crippen molar-refractivity contribution in [3.63, 3.8) is 0 Å². The monoisotopic (exact) mass is 289 g/mol. The van der Waals surface area contributed by atoms with Crippen molar-refractivity contribution in [2.24, 2.45) is 5.92 Å². The minimum Gasteiger partial charge on any atom is -0.310 e. The molecule has 0 radical (unpaired) electrons. The van der Waals surface area contributed by atoms with Crippen LogP contribution in [-0.2, 0) is 9.84 Å². The molecule has 1 aromatic rings. The topological polar surface area (TPSA) is 46.2 Å². The molecular weight excluding hydrogens is 266 g/mol. The van der Waals surface area contributed by atoms with E-state index in [2.05, 4.69) is 32.2 Å². The van der Waals surface area contributed by atoms with Crippen molar-refractivity contribution < 1.29 is 8.42 Å². The Balaban J connectivity index is 2.51. The number of hydrogen-bond acceptors (Lipinski definition) is 4. The van der Waals surface area contributed by atoms with Gasteiger partial charge in [0.25, 0.3) is 0 Å². The molecule has 0 unspecified atom stereocenters. The molecule has 0 spiro atoms. The van der Waals surface area contributed by atoms with Gasteiger partial charge in [-0.25, -0.2) is 8.42 Å². The molecular formula is C13H23NO2S2. The van der Waals surface area contributed by atoms with Crippen molar-refractivity contribution in [3.05, 3.63) is 21.4 Å². The molecule has 3 nitrogen and oxygen atoms in total. The van der Waals surface area contributed by atoms with E-state index >= 15 is 0 Å². The van der Waals surface area contributed by atoms with Gasteiger partial charge >= 0.3 is 0 Å². The molecule has 0 aliphatic heterocycles. The lowest BCUT2D eigenvalue weighted by Crippen LogP contribution is -2.28. The maximum Gasteiger partial charge on any atom is 0.147 e. The summed E-state index contributed by atoms with van der Waals surface area (Å²) in [5.41, 5.74) is 1.32. The van der Waals surface area contributed by atoms with Gasteiger partial charge in [-0.1, -0.05) is 6.92 Å². The smallest absolute Gasteiger partial charge is 0.147 e. The molecule has 0 aromatic carbocycles. The third-order valence-electron chi connectivity index (χ3n) is 2.91. The molecule has 1 aromatic heterocycles. The number of rotatable bonds is 6. The predicted octanol–water partition coefficient (Wildman–Crippen LogP) is 2.70. The fraction of sp³-hybridized carbons (Fsp3) is 0.692. The quantitative estimate of drug-likeness (QED) is 0.876. The van der Waals surface area contributed by atoms with Gasteiger partial charge in [0.1, 0.15) is 9.84 Å². The normalized spacial score (nSPS) is 15.6. The summed E-state index contributed by atoms with van der Waals surface area (Å²) in [6, 6.07) is 2.48. The number of nitrogens with one attached hydrogen (secondary N) is 1. The first-order chi connectivity index (χ1) is 8.19. The zero-order valence-electron chi connectivity index (χ0n) is 11.8. The van der Waals surface area contributed by atoms with Gasteiger partial charge in [0.05, 0.1) is 5.75 Å². The first-order valence-electron chi connectivity index (χ1n) is 6.17. The Hall–Kier alpha value is -0.390. The van der Waals surface area contributed by atoms with Crippen molar-refractivity contribution in [1.82, 2.24) is 5.32 Å². The highest BCUT2D eigenvalue weighted by Gasteiger charge is 2.14. The number of hydrogen-bond donors (Lipinski definition) is 1. The number of sulfone groups is 1. The average molecular weight is 289 g/mol. The van der Waals surface area contributed by atoms with Crippen molar-refractivity contribution in [3.8, 4) is 0 Å². The highest BCUT2D eigenvalue weighted by molar-refractivity contribution is 7.90. The molecule has 0 bridgehead atoms. The van der Waals surface area contributed by atoms with E-state index < -0.39 is 9.84 Å². The zero-order valence-corrected chi connectivity index (χ0v) is 13.4.